The zero-order chi connectivity index (χ0) is 13.8. The van der Waals surface area contributed by atoms with Gasteiger partial charge in [-0.25, -0.2) is 4.68 Å². The molecule has 0 fully saturated rings. The Morgan fingerprint density at radius 2 is 2.20 bits per heavy atom. The molecule has 8 nitrogen and oxygen atoms in total. The molecular weight excluding hydrogens is 276 g/mol. The van der Waals surface area contributed by atoms with E-state index < -0.39 is 0 Å². The van der Waals surface area contributed by atoms with Gasteiger partial charge in [0, 0.05) is 6.54 Å². The molecule has 0 atom stereocenters. The van der Waals surface area contributed by atoms with Crippen LogP contribution in [0, 0.1) is 0 Å². The summed E-state index contributed by atoms with van der Waals surface area (Å²) >= 11 is 1.59. The predicted octanol–water partition coefficient (Wildman–Crippen LogP) is 1.24. The SMILES string of the molecule is CCCCn1nnnc1Cn1nnc(-c2cccs2)n1. The van der Waals surface area contributed by atoms with Crippen molar-refractivity contribution in [2.75, 3.05) is 0 Å². The minimum absolute atomic E-state index is 0.426. The summed E-state index contributed by atoms with van der Waals surface area (Å²) in [5, 5.41) is 26.1. The lowest BCUT2D eigenvalue weighted by Crippen LogP contribution is -2.12. The van der Waals surface area contributed by atoms with Crippen molar-refractivity contribution in [1.29, 1.82) is 0 Å². The molecule has 0 N–H and O–H groups in total. The minimum Gasteiger partial charge on any atom is -0.228 e. The summed E-state index contributed by atoms with van der Waals surface area (Å²) in [4.78, 5) is 2.52. The smallest absolute Gasteiger partial charge is 0.214 e. The number of aryl methyl sites for hydroxylation is 1. The maximum atomic E-state index is 4.34. The summed E-state index contributed by atoms with van der Waals surface area (Å²) in [7, 11) is 0. The van der Waals surface area contributed by atoms with Crippen molar-refractivity contribution in [1.82, 2.24) is 40.4 Å². The van der Waals surface area contributed by atoms with Crippen LogP contribution in [0.2, 0.25) is 0 Å². The van der Waals surface area contributed by atoms with Gasteiger partial charge in [-0.15, -0.1) is 26.6 Å². The molecule has 3 heterocycles. The van der Waals surface area contributed by atoms with Crippen LogP contribution in [-0.4, -0.2) is 40.4 Å². The van der Waals surface area contributed by atoms with E-state index in [-0.39, 0.29) is 0 Å². The third-order valence-corrected chi connectivity index (χ3v) is 3.67. The van der Waals surface area contributed by atoms with Crippen LogP contribution in [0.5, 0.6) is 0 Å². The van der Waals surface area contributed by atoms with Crippen molar-refractivity contribution in [2.45, 2.75) is 32.9 Å². The molecule has 0 saturated heterocycles. The van der Waals surface area contributed by atoms with Gasteiger partial charge >= 0.3 is 0 Å². The molecule has 0 bridgehead atoms. The third-order valence-electron chi connectivity index (χ3n) is 2.81. The fourth-order valence-corrected chi connectivity index (χ4v) is 2.41. The summed E-state index contributed by atoms with van der Waals surface area (Å²) in [5.41, 5.74) is 0. The Morgan fingerprint density at radius 3 is 3.00 bits per heavy atom. The quantitative estimate of drug-likeness (QED) is 0.678. The van der Waals surface area contributed by atoms with E-state index in [1.807, 2.05) is 17.5 Å². The van der Waals surface area contributed by atoms with E-state index in [4.69, 9.17) is 0 Å². The van der Waals surface area contributed by atoms with Crippen LogP contribution in [0.25, 0.3) is 10.7 Å². The molecule has 0 unspecified atom stereocenters. The lowest BCUT2D eigenvalue weighted by atomic mass is 10.3. The molecule has 3 aromatic rings. The largest absolute Gasteiger partial charge is 0.228 e. The van der Waals surface area contributed by atoms with Gasteiger partial charge in [-0.3, -0.25) is 0 Å². The first kappa shape index (κ1) is 12.9. The van der Waals surface area contributed by atoms with Crippen molar-refractivity contribution in [3.05, 3.63) is 23.3 Å². The van der Waals surface area contributed by atoms with Gasteiger partial charge in [0.05, 0.1) is 4.88 Å². The van der Waals surface area contributed by atoms with Gasteiger partial charge in [0.15, 0.2) is 5.82 Å². The molecule has 0 radical (unpaired) electrons. The molecule has 0 amide bonds. The highest BCUT2D eigenvalue weighted by Crippen LogP contribution is 2.19. The first-order valence-electron chi connectivity index (χ1n) is 6.43. The molecule has 0 aliphatic carbocycles. The molecule has 20 heavy (non-hydrogen) atoms. The van der Waals surface area contributed by atoms with Gasteiger partial charge in [-0.05, 0) is 33.5 Å². The van der Waals surface area contributed by atoms with Gasteiger partial charge in [0.25, 0.3) is 0 Å². The highest BCUT2D eigenvalue weighted by atomic mass is 32.1. The fraction of sp³-hybridized carbons (Fsp3) is 0.455. The second kappa shape index (κ2) is 5.87. The molecule has 0 aromatic carbocycles. The van der Waals surface area contributed by atoms with E-state index in [2.05, 4.69) is 37.9 Å². The zero-order valence-corrected chi connectivity index (χ0v) is 11.9. The fourth-order valence-electron chi connectivity index (χ4n) is 1.76. The molecule has 3 aromatic heterocycles. The molecule has 0 spiro atoms. The van der Waals surface area contributed by atoms with Gasteiger partial charge in [0.2, 0.25) is 5.82 Å². The van der Waals surface area contributed by atoms with Crippen LogP contribution < -0.4 is 0 Å². The molecule has 0 saturated carbocycles. The summed E-state index contributed by atoms with van der Waals surface area (Å²) in [6, 6.07) is 3.93. The first-order valence-corrected chi connectivity index (χ1v) is 7.31. The number of hydrogen-bond donors (Lipinski definition) is 0. The Morgan fingerprint density at radius 1 is 1.25 bits per heavy atom. The third kappa shape index (κ3) is 2.72. The first-order chi connectivity index (χ1) is 9.86. The maximum Gasteiger partial charge on any atom is 0.214 e. The van der Waals surface area contributed by atoms with Gasteiger partial charge in [-0.1, -0.05) is 19.4 Å². The van der Waals surface area contributed by atoms with E-state index in [9.17, 15) is 0 Å². The number of unbranched alkanes of at least 4 members (excludes halogenated alkanes) is 1. The predicted molar refractivity (Wildman–Crippen MR) is 73.0 cm³/mol. The van der Waals surface area contributed by atoms with Crippen LogP contribution in [0.4, 0.5) is 0 Å². The number of hydrogen-bond acceptors (Lipinski definition) is 7. The van der Waals surface area contributed by atoms with Crippen LogP contribution >= 0.6 is 11.3 Å². The molecule has 104 valence electrons. The normalized spacial score (nSPS) is 11.1. The standard InChI is InChI=1S/C11H14N8S/c1-2-3-6-18-10(12-15-17-18)8-19-14-11(13-16-19)9-5-4-7-20-9/h4-5,7H,2-3,6,8H2,1H3. The number of nitrogens with zero attached hydrogens (tertiary/aromatic N) is 8. The van der Waals surface area contributed by atoms with E-state index in [1.165, 1.54) is 4.80 Å². The molecule has 0 aliphatic rings. The van der Waals surface area contributed by atoms with Crippen molar-refractivity contribution in [3.8, 4) is 10.7 Å². The van der Waals surface area contributed by atoms with Gasteiger partial charge in [-0.2, -0.15) is 4.80 Å². The number of tetrazole rings is 2. The van der Waals surface area contributed by atoms with Crippen LogP contribution in [-0.2, 0) is 13.1 Å². The number of rotatable bonds is 6. The highest BCUT2D eigenvalue weighted by Gasteiger charge is 2.11. The minimum atomic E-state index is 0.426. The zero-order valence-electron chi connectivity index (χ0n) is 11.0. The molecular formula is C11H14N8S. The van der Waals surface area contributed by atoms with E-state index >= 15 is 0 Å². The van der Waals surface area contributed by atoms with Gasteiger partial charge in [0.1, 0.15) is 6.54 Å². The Bertz CT molecular complexity index is 656. The second-order valence-electron chi connectivity index (χ2n) is 4.29. The monoisotopic (exact) mass is 290 g/mol. The van der Waals surface area contributed by atoms with Gasteiger partial charge < -0.3 is 0 Å². The molecule has 3 rings (SSSR count). The molecule has 0 aliphatic heterocycles. The molecule has 9 heteroatoms. The van der Waals surface area contributed by atoms with Crippen LogP contribution in [0.1, 0.15) is 25.6 Å². The van der Waals surface area contributed by atoms with Crippen LogP contribution in [0.15, 0.2) is 17.5 Å². The van der Waals surface area contributed by atoms with Crippen molar-refractivity contribution in [3.63, 3.8) is 0 Å². The summed E-state index contributed by atoms with van der Waals surface area (Å²) in [6.45, 7) is 3.37. The Balaban J connectivity index is 1.73. The number of aromatic nitrogens is 8. The lowest BCUT2D eigenvalue weighted by Gasteiger charge is -2.01. The maximum absolute atomic E-state index is 4.34. The highest BCUT2D eigenvalue weighted by molar-refractivity contribution is 7.13. The van der Waals surface area contributed by atoms with Crippen molar-refractivity contribution < 1.29 is 0 Å². The summed E-state index contributed by atoms with van der Waals surface area (Å²) < 4.78 is 1.79. The Hall–Kier alpha value is -2.16. The van der Waals surface area contributed by atoms with E-state index in [1.54, 1.807) is 16.0 Å². The second-order valence-corrected chi connectivity index (χ2v) is 5.24. The Labute approximate surface area is 119 Å². The van der Waals surface area contributed by atoms with Crippen molar-refractivity contribution in [2.24, 2.45) is 0 Å². The van der Waals surface area contributed by atoms with Crippen LogP contribution in [0.3, 0.4) is 0 Å². The van der Waals surface area contributed by atoms with E-state index in [0.29, 0.717) is 12.4 Å². The lowest BCUT2D eigenvalue weighted by molar-refractivity contribution is 0.490. The summed E-state index contributed by atoms with van der Waals surface area (Å²) in [5.74, 6) is 1.38. The van der Waals surface area contributed by atoms with Crippen molar-refractivity contribution >= 4 is 11.3 Å². The topological polar surface area (TPSA) is 87.2 Å². The summed E-state index contributed by atoms with van der Waals surface area (Å²) in [6.07, 6.45) is 2.15. The average Bonchev–Trinajstić information content (AvgIpc) is 3.18. The average molecular weight is 290 g/mol. The Kier molecular flexibility index (Phi) is 3.77. The van der Waals surface area contributed by atoms with E-state index in [0.717, 1.165) is 30.1 Å². The number of thiophene rings is 1.